The second-order valence-electron chi connectivity index (χ2n) is 4.86. The monoisotopic (exact) mass is 371 g/mol. The van der Waals surface area contributed by atoms with E-state index >= 15 is 0 Å². The Labute approximate surface area is 127 Å². The summed E-state index contributed by atoms with van der Waals surface area (Å²) in [6.45, 7) is 4.75. The van der Waals surface area contributed by atoms with Crippen LogP contribution in [0.3, 0.4) is 0 Å². The molecule has 0 aliphatic heterocycles. The van der Waals surface area contributed by atoms with Crippen molar-refractivity contribution in [3.05, 3.63) is 45.6 Å². The first-order valence-electron chi connectivity index (χ1n) is 6.38. The van der Waals surface area contributed by atoms with Gasteiger partial charge in [-0.15, -0.1) is 0 Å². The Hall–Kier alpha value is -0.950. The molecule has 1 unspecified atom stereocenters. The number of halogens is 1. The highest BCUT2D eigenvalue weighted by Gasteiger charge is 2.26. The lowest BCUT2D eigenvalue weighted by molar-refractivity contribution is 0.0542. The van der Waals surface area contributed by atoms with Crippen molar-refractivity contribution in [2.24, 2.45) is 0 Å². The molecule has 1 aromatic carbocycles. The van der Waals surface area contributed by atoms with Gasteiger partial charge in [0, 0.05) is 16.5 Å². The number of rotatable bonds is 5. The van der Waals surface area contributed by atoms with Crippen molar-refractivity contribution in [3.63, 3.8) is 0 Å². The van der Waals surface area contributed by atoms with Crippen LogP contribution < -0.4 is 0 Å². The number of hydrogen-bond donors (Lipinski definition) is 1. The van der Waals surface area contributed by atoms with Crippen LogP contribution in [0.5, 0.6) is 0 Å². The molecule has 4 nitrogen and oxygen atoms in total. The standard InChI is InChI=1S/C14H18IN3O/c1-3-8-18-13(16-10-17-18)9-14(2,19)11-4-6-12(15)7-5-11/h4-7,10,19H,3,8-9H2,1-2H3. The number of hydrogen-bond acceptors (Lipinski definition) is 3. The maximum Gasteiger partial charge on any atom is 0.138 e. The Kier molecular flexibility index (Phi) is 4.57. The van der Waals surface area contributed by atoms with Gasteiger partial charge in [0.05, 0.1) is 5.60 Å². The Morgan fingerprint density at radius 2 is 2.00 bits per heavy atom. The molecule has 0 spiro atoms. The van der Waals surface area contributed by atoms with E-state index < -0.39 is 5.60 Å². The normalized spacial score (nSPS) is 14.3. The summed E-state index contributed by atoms with van der Waals surface area (Å²) in [7, 11) is 0. The first-order chi connectivity index (χ1) is 9.03. The van der Waals surface area contributed by atoms with Crippen LogP contribution in [0, 0.1) is 3.57 Å². The first kappa shape index (κ1) is 14.5. The quantitative estimate of drug-likeness (QED) is 0.823. The molecule has 1 atom stereocenters. The maximum absolute atomic E-state index is 10.7. The molecule has 19 heavy (non-hydrogen) atoms. The van der Waals surface area contributed by atoms with E-state index in [9.17, 15) is 5.11 Å². The molecule has 102 valence electrons. The highest BCUT2D eigenvalue weighted by Crippen LogP contribution is 2.25. The summed E-state index contributed by atoms with van der Waals surface area (Å²) in [5.74, 6) is 0.824. The molecule has 0 fully saturated rings. The van der Waals surface area contributed by atoms with Crippen molar-refractivity contribution >= 4 is 22.6 Å². The second kappa shape index (κ2) is 6.00. The van der Waals surface area contributed by atoms with E-state index in [1.807, 2.05) is 35.9 Å². The SMILES string of the molecule is CCCn1ncnc1CC(C)(O)c1ccc(I)cc1. The predicted molar refractivity (Wildman–Crippen MR) is 82.7 cm³/mol. The van der Waals surface area contributed by atoms with Crippen molar-refractivity contribution in [3.8, 4) is 0 Å². The van der Waals surface area contributed by atoms with Crippen LogP contribution in [0.1, 0.15) is 31.7 Å². The minimum Gasteiger partial charge on any atom is -0.385 e. The van der Waals surface area contributed by atoms with E-state index in [0.29, 0.717) is 6.42 Å². The van der Waals surface area contributed by atoms with Crippen molar-refractivity contribution in [2.75, 3.05) is 0 Å². The Morgan fingerprint density at radius 3 is 2.63 bits per heavy atom. The van der Waals surface area contributed by atoms with Gasteiger partial charge in [0.1, 0.15) is 12.2 Å². The molecule has 1 N–H and O–H groups in total. The van der Waals surface area contributed by atoms with Gasteiger partial charge in [-0.05, 0) is 53.6 Å². The Morgan fingerprint density at radius 1 is 1.32 bits per heavy atom. The van der Waals surface area contributed by atoms with Crippen molar-refractivity contribution in [1.82, 2.24) is 14.8 Å². The van der Waals surface area contributed by atoms with Gasteiger partial charge in [-0.25, -0.2) is 9.67 Å². The van der Waals surface area contributed by atoms with Gasteiger partial charge in [0.15, 0.2) is 0 Å². The molecule has 2 aromatic rings. The van der Waals surface area contributed by atoms with Gasteiger partial charge in [-0.2, -0.15) is 5.10 Å². The third-order valence-corrected chi connectivity index (χ3v) is 3.82. The van der Waals surface area contributed by atoms with Gasteiger partial charge >= 0.3 is 0 Å². The number of aryl methyl sites for hydroxylation is 1. The van der Waals surface area contributed by atoms with Gasteiger partial charge in [0.2, 0.25) is 0 Å². The van der Waals surface area contributed by atoms with E-state index in [1.54, 1.807) is 6.33 Å². The molecule has 2 rings (SSSR count). The summed E-state index contributed by atoms with van der Waals surface area (Å²) < 4.78 is 3.02. The van der Waals surface area contributed by atoms with Crippen molar-refractivity contribution < 1.29 is 5.11 Å². The lowest BCUT2D eigenvalue weighted by atomic mass is 9.92. The van der Waals surface area contributed by atoms with Crippen LogP contribution in [-0.4, -0.2) is 19.9 Å². The minimum absolute atomic E-state index is 0.466. The average molecular weight is 371 g/mol. The zero-order valence-corrected chi connectivity index (χ0v) is 13.3. The van der Waals surface area contributed by atoms with Gasteiger partial charge < -0.3 is 5.11 Å². The third-order valence-electron chi connectivity index (χ3n) is 3.10. The zero-order valence-electron chi connectivity index (χ0n) is 11.2. The topological polar surface area (TPSA) is 50.9 Å². The maximum atomic E-state index is 10.7. The van der Waals surface area contributed by atoms with E-state index in [-0.39, 0.29) is 0 Å². The molecule has 5 heteroatoms. The number of aliphatic hydroxyl groups is 1. The fourth-order valence-corrected chi connectivity index (χ4v) is 2.40. The number of nitrogens with zero attached hydrogens (tertiary/aromatic N) is 3. The fourth-order valence-electron chi connectivity index (χ4n) is 2.04. The lowest BCUT2D eigenvalue weighted by Crippen LogP contribution is -2.26. The van der Waals surface area contributed by atoms with E-state index in [0.717, 1.165) is 27.9 Å². The summed E-state index contributed by atoms with van der Waals surface area (Å²) in [5, 5.41) is 14.8. The van der Waals surface area contributed by atoms with Crippen molar-refractivity contribution in [1.29, 1.82) is 0 Å². The summed E-state index contributed by atoms with van der Waals surface area (Å²) in [6, 6.07) is 7.92. The highest BCUT2D eigenvalue weighted by molar-refractivity contribution is 14.1. The summed E-state index contributed by atoms with van der Waals surface area (Å²) in [5.41, 5.74) is -0.0259. The molecule has 1 aromatic heterocycles. The van der Waals surface area contributed by atoms with Crippen LogP contribution in [-0.2, 0) is 18.6 Å². The molecule has 1 heterocycles. The highest BCUT2D eigenvalue weighted by atomic mass is 127. The van der Waals surface area contributed by atoms with Crippen LogP contribution in [0.4, 0.5) is 0 Å². The van der Waals surface area contributed by atoms with Crippen molar-refractivity contribution in [2.45, 2.75) is 38.8 Å². The average Bonchev–Trinajstić information content (AvgIpc) is 2.77. The predicted octanol–water partition coefficient (Wildman–Crippen LogP) is 2.74. The summed E-state index contributed by atoms with van der Waals surface area (Å²) >= 11 is 2.26. The van der Waals surface area contributed by atoms with Crippen LogP contribution >= 0.6 is 22.6 Å². The van der Waals surface area contributed by atoms with Gasteiger partial charge in [-0.1, -0.05) is 19.1 Å². The zero-order chi connectivity index (χ0) is 13.9. The molecule has 0 bridgehead atoms. The number of aromatic nitrogens is 3. The largest absolute Gasteiger partial charge is 0.385 e. The summed E-state index contributed by atoms with van der Waals surface area (Å²) in [4.78, 5) is 4.25. The van der Waals surface area contributed by atoms with Crippen LogP contribution in [0.25, 0.3) is 0 Å². The Bertz CT molecular complexity index is 534. The van der Waals surface area contributed by atoms with E-state index in [1.165, 1.54) is 0 Å². The Balaban J connectivity index is 2.20. The summed E-state index contributed by atoms with van der Waals surface area (Å²) in [6.07, 6.45) is 3.02. The molecular formula is C14H18IN3O. The minimum atomic E-state index is -0.928. The molecule has 0 amide bonds. The third kappa shape index (κ3) is 3.54. The van der Waals surface area contributed by atoms with Crippen LogP contribution in [0.2, 0.25) is 0 Å². The molecule has 0 saturated carbocycles. The van der Waals surface area contributed by atoms with Gasteiger partial charge in [0.25, 0.3) is 0 Å². The van der Waals surface area contributed by atoms with E-state index in [4.69, 9.17) is 0 Å². The van der Waals surface area contributed by atoms with E-state index in [2.05, 4.69) is 39.6 Å². The molecule has 0 radical (unpaired) electrons. The van der Waals surface area contributed by atoms with Gasteiger partial charge in [-0.3, -0.25) is 0 Å². The molecule has 0 aliphatic rings. The second-order valence-corrected chi connectivity index (χ2v) is 6.10. The fraction of sp³-hybridized carbons (Fsp3) is 0.429. The van der Waals surface area contributed by atoms with Crippen LogP contribution in [0.15, 0.2) is 30.6 Å². The lowest BCUT2D eigenvalue weighted by Gasteiger charge is -2.23. The molecule has 0 saturated heterocycles. The first-order valence-corrected chi connectivity index (χ1v) is 7.46. The number of benzene rings is 1. The smallest absolute Gasteiger partial charge is 0.138 e. The molecular weight excluding hydrogens is 353 g/mol. The molecule has 0 aliphatic carbocycles.